The average molecular weight is 360 g/mol. The molecule has 5 nitrogen and oxygen atoms in total. The minimum Gasteiger partial charge on any atom is -0.503 e. The molecule has 1 amide bonds. The number of rotatable bonds is 6. The molecule has 25 heavy (non-hydrogen) atoms. The maximum atomic E-state index is 12.5. The number of nitrogens with zero attached hydrogens (tertiary/aromatic N) is 1. The van der Waals surface area contributed by atoms with Crippen LogP contribution in [0.15, 0.2) is 58.4 Å². The Morgan fingerprint density at radius 2 is 2.00 bits per heavy atom. The first kappa shape index (κ1) is 17.3. The molecule has 0 spiro atoms. The molecule has 0 saturated heterocycles. The highest BCUT2D eigenvalue weighted by molar-refractivity contribution is 6.30. The summed E-state index contributed by atoms with van der Waals surface area (Å²) in [6, 6.07) is 10.0. The van der Waals surface area contributed by atoms with Crippen molar-refractivity contribution in [3.63, 3.8) is 0 Å². The van der Waals surface area contributed by atoms with Gasteiger partial charge in [-0.25, -0.2) is 0 Å². The van der Waals surface area contributed by atoms with E-state index < -0.39 is 17.7 Å². The molecule has 1 aliphatic heterocycles. The van der Waals surface area contributed by atoms with Crippen LogP contribution in [0.3, 0.4) is 0 Å². The largest absolute Gasteiger partial charge is 0.503 e. The van der Waals surface area contributed by atoms with Crippen LogP contribution in [-0.2, 0) is 16.0 Å². The topological polar surface area (TPSA) is 70.8 Å². The first-order valence-corrected chi connectivity index (χ1v) is 8.45. The molecule has 0 radical (unpaired) electrons. The fourth-order valence-electron chi connectivity index (χ4n) is 3.00. The Labute approximate surface area is 150 Å². The fourth-order valence-corrected chi connectivity index (χ4v) is 3.13. The van der Waals surface area contributed by atoms with E-state index in [4.69, 9.17) is 16.0 Å². The number of halogens is 1. The van der Waals surface area contributed by atoms with E-state index in [0.717, 1.165) is 5.56 Å². The van der Waals surface area contributed by atoms with Crippen molar-refractivity contribution >= 4 is 23.3 Å². The van der Waals surface area contributed by atoms with Crippen molar-refractivity contribution in [3.05, 3.63) is 70.3 Å². The molecule has 1 unspecified atom stereocenters. The molecule has 1 atom stereocenters. The van der Waals surface area contributed by atoms with E-state index >= 15 is 0 Å². The van der Waals surface area contributed by atoms with Gasteiger partial charge in [-0.15, -0.1) is 0 Å². The van der Waals surface area contributed by atoms with Crippen LogP contribution >= 0.6 is 11.6 Å². The number of ketones is 1. The van der Waals surface area contributed by atoms with Gasteiger partial charge in [-0.1, -0.05) is 30.7 Å². The van der Waals surface area contributed by atoms with Gasteiger partial charge in [-0.3, -0.25) is 9.59 Å². The molecule has 1 aromatic carbocycles. The van der Waals surface area contributed by atoms with E-state index in [1.165, 1.54) is 11.2 Å². The van der Waals surface area contributed by atoms with E-state index in [1.54, 1.807) is 31.2 Å². The Hall–Kier alpha value is -2.53. The van der Waals surface area contributed by atoms with Crippen molar-refractivity contribution in [2.45, 2.75) is 25.8 Å². The predicted octanol–water partition coefficient (Wildman–Crippen LogP) is 3.85. The van der Waals surface area contributed by atoms with E-state index in [0.29, 0.717) is 23.7 Å². The lowest BCUT2D eigenvalue weighted by Gasteiger charge is -2.24. The zero-order valence-electron chi connectivity index (χ0n) is 13.7. The molecule has 2 heterocycles. The molecular formula is C19H18ClNO4. The lowest BCUT2D eigenvalue weighted by molar-refractivity contribution is -0.129. The highest BCUT2D eigenvalue weighted by Gasteiger charge is 2.44. The molecule has 0 fully saturated rings. The first-order valence-electron chi connectivity index (χ1n) is 8.08. The quantitative estimate of drug-likeness (QED) is 0.850. The minimum absolute atomic E-state index is 0.110. The Balaban J connectivity index is 1.88. The van der Waals surface area contributed by atoms with Gasteiger partial charge in [0.05, 0.1) is 11.8 Å². The average Bonchev–Trinajstić information content (AvgIpc) is 3.22. The zero-order chi connectivity index (χ0) is 18.0. The van der Waals surface area contributed by atoms with Crippen molar-refractivity contribution < 1.29 is 19.1 Å². The lowest BCUT2D eigenvalue weighted by atomic mass is 9.99. The Bertz CT molecular complexity index is 808. The number of carbonyl (C=O) groups is 2. The minimum atomic E-state index is -0.692. The Morgan fingerprint density at radius 3 is 2.60 bits per heavy atom. The van der Waals surface area contributed by atoms with Gasteiger partial charge < -0.3 is 14.4 Å². The van der Waals surface area contributed by atoms with E-state index in [9.17, 15) is 14.7 Å². The molecular weight excluding hydrogens is 342 g/mol. The van der Waals surface area contributed by atoms with Crippen molar-refractivity contribution in [2.75, 3.05) is 6.54 Å². The molecule has 6 heteroatoms. The molecule has 3 rings (SSSR count). The fraction of sp³-hybridized carbons (Fsp3) is 0.263. The zero-order valence-corrected chi connectivity index (χ0v) is 14.5. The summed E-state index contributed by atoms with van der Waals surface area (Å²) < 4.78 is 5.43. The predicted molar refractivity (Wildman–Crippen MR) is 93.3 cm³/mol. The Kier molecular flexibility index (Phi) is 4.95. The monoisotopic (exact) mass is 359 g/mol. The molecule has 0 bridgehead atoms. The summed E-state index contributed by atoms with van der Waals surface area (Å²) in [6.45, 7) is 2.04. The van der Waals surface area contributed by atoms with Crippen molar-refractivity contribution in [1.29, 1.82) is 0 Å². The number of aliphatic hydroxyl groups is 1. The summed E-state index contributed by atoms with van der Waals surface area (Å²) in [5.41, 5.74) is 1.11. The van der Waals surface area contributed by atoms with E-state index in [1.807, 2.05) is 12.1 Å². The molecule has 0 aliphatic carbocycles. The third kappa shape index (κ3) is 3.33. The molecule has 0 saturated carbocycles. The van der Waals surface area contributed by atoms with Crippen LogP contribution in [0.2, 0.25) is 5.02 Å². The smallest absolute Gasteiger partial charge is 0.290 e. The SMILES string of the molecule is CCC(=O)C1=C(O)C(=O)N(CCc2ccc(Cl)cc2)C1c1ccco1. The second-order valence-corrected chi connectivity index (χ2v) is 6.27. The number of carbonyl (C=O) groups excluding carboxylic acids is 2. The number of amides is 1. The van der Waals surface area contributed by atoms with Crippen molar-refractivity contribution in [1.82, 2.24) is 4.90 Å². The van der Waals surface area contributed by atoms with Gasteiger partial charge in [0.2, 0.25) is 0 Å². The molecule has 1 aliphatic rings. The number of aliphatic hydroxyl groups excluding tert-OH is 1. The van der Waals surface area contributed by atoms with Gasteiger partial charge in [-0.05, 0) is 36.2 Å². The second kappa shape index (κ2) is 7.15. The summed E-state index contributed by atoms with van der Waals surface area (Å²) in [7, 11) is 0. The second-order valence-electron chi connectivity index (χ2n) is 5.83. The highest BCUT2D eigenvalue weighted by Crippen LogP contribution is 2.38. The number of hydrogen-bond donors (Lipinski definition) is 1. The molecule has 130 valence electrons. The summed E-state index contributed by atoms with van der Waals surface area (Å²) >= 11 is 5.89. The summed E-state index contributed by atoms with van der Waals surface area (Å²) in [5.74, 6) is -0.830. The van der Waals surface area contributed by atoms with Gasteiger partial charge in [0.1, 0.15) is 11.8 Å². The number of furan rings is 1. The van der Waals surface area contributed by atoms with Crippen LogP contribution in [-0.4, -0.2) is 28.2 Å². The normalized spacial score (nSPS) is 17.4. The van der Waals surface area contributed by atoms with E-state index in [2.05, 4.69) is 0 Å². The Morgan fingerprint density at radius 1 is 1.28 bits per heavy atom. The van der Waals surface area contributed by atoms with Crippen LogP contribution in [0, 0.1) is 0 Å². The maximum absolute atomic E-state index is 12.5. The van der Waals surface area contributed by atoms with Gasteiger partial charge in [-0.2, -0.15) is 0 Å². The standard InChI is InChI=1S/C19H18ClNO4/c1-2-14(22)16-17(15-4-3-11-25-15)21(19(24)18(16)23)10-9-12-5-7-13(20)8-6-12/h3-8,11,17,23H,2,9-10H2,1H3. The molecule has 2 aromatic rings. The van der Waals surface area contributed by atoms with Crippen molar-refractivity contribution in [2.24, 2.45) is 0 Å². The van der Waals surface area contributed by atoms with Crippen LogP contribution in [0.25, 0.3) is 0 Å². The number of benzene rings is 1. The van der Waals surface area contributed by atoms with E-state index in [-0.39, 0.29) is 17.8 Å². The molecule has 1 aromatic heterocycles. The molecule has 1 N–H and O–H groups in total. The van der Waals surface area contributed by atoms with Crippen molar-refractivity contribution in [3.8, 4) is 0 Å². The van der Waals surface area contributed by atoms with Crippen LogP contribution < -0.4 is 0 Å². The third-order valence-electron chi connectivity index (χ3n) is 4.29. The highest BCUT2D eigenvalue weighted by atomic mass is 35.5. The third-order valence-corrected chi connectivity index (χ3v) is 4.54. The van der Waals surface area contributed by atoms with Gasteiger partial charge >= 0.3 is 0 Å². The van der Waals surface area contributed by atoms with Crippen LogP contribution in [0.5, 0.6) is 0 Å². The maximum Gasteiger partial charge on any atom is 0.290 e. The summed E-state index contributed by atoms with van der Waals surface area (Å²) in [5, 5.41) is 10.9. The van der Waals surface area contributed by atoms with Crippen LogP contribution in [0.1, 0.15) is 30.7 Å². The lowest BCUT2D eigenvalue weighted by Crippen LogP contribution is -2.32. The first-order chi connectivity index (χ1) is 12.0. The number of Topliss-reactive ketones (excluding diaryl/α,β-unsaturated/α-hetero) is 1. The van der Waals surface area contributed by atoms with Gasteiger partial charge in [0.15, 0.2) is 11.5 Å². The summed E-state index contributed by atoms with van der Waals surface area (Å²) in [6.07, 6.45) is 2.26. The van der Waals surface area contributed by atoms with Gasteiger partial charge in [0.25, 0.3) is 5.91 Å². The summed E-state index contributed by atoms with van der Waals surface area (Å²) in [4.78, 5) is 26.3. The van der Waals surface area contributed by atoms with Crippen LogP contribution in [0.4, 0.5) is 0 Å². The number of hydrogen-bond acceptors (Lipinski definition) is 4. The van der Waals surface area contributed by atoms with Gasteiger partial charge in [0, 0.05) is 18.0 Å².